The van der Waals surface area contributed by atoms with Crippen LogP contribution in [0.25, 0.3) is 0 Å². The molecule has 0 aromatic heterocycles. The fourth-order valence-electron chi connectivity index (χ4n) is 3.23. The molecular weight excluding hydrogens is 392 g/mol. The fourth-order valence-corrected chi connectivity index (χ4v) is 4.34. The summed E-state index contributed by atoms with van der Waals surface area (Å²) >= 11 is 0. The topological polar surface area (TPSA) is 92.8 Å². The summed E-state index contributed by atoms with van der Waals surface area (Å²) in [5.74, 6) is -0.497. The third-order valence-electron chi connectivity index (χ3n) is 4.67. The maximum atomic E-state index is 12.8. The van der Waals surface area contributed by atoms with Crippen LogP contribution in [0.2, 0.25) is 0 Å². The van der Waals surface area contributed by atoms with E-state index in [1.54, 1.807) is 17.0 Å². The van der Waals surface area contributed by atoms with Crippen molar-refractivity contribution in [2.45, 2.75) is 38.0 Å². The Hall–Kier alpha value is -2.87. The largest absolute Gasteiger partial charge is 0.462 e. The van der Waals surface area contributed by atoms with Crippen LogP contribution in [0.5, 0.6) is 0 Å². The summed E-state index contributed by atoms with van der Waals surface area (Å²) in [6.45, 7) is 4.39. The highest BCUT2D eigenvalue weighted by Crippen LogP contribution is 2.30. The van der Waals surface area contributed by atoms with Gasteiger partial charge in [-0.2, -0.15) is 0 Å². The molecule has 3 rings (SSSR count). The van der Waals surface area contributed by atoms with Crippen molar-refractivity contribution in [3.63, 3.8) is 0 Å². The zero-order valence-corrected chi connectivity index (χ0v) is 17.3. The SMILES string of the molecule is CCCOC(=O)c1ccc(NS(=O)(=O)c2ccc3c(c2)CCCN3C(C)=O)cc1. The predicted octanol–water partition coefficient (Wildman–Crippen LogP) is 3.35. The molecule has 1 heterocycles. The number of aryl methyl sites for hydroxylation is 1. The molecule has 7 nitrogen and oxygen atoms in total. The number of esters is 1. The van der Waals surface area contributed by atoms with Gasteiger partial charge in [-0.05, 0) is 67.3 Å². The Labute approximate surface area is 170 Å². The van der Waals surface area contributed by atoms with Crippen LogP contribution in [-0.4, -0.2) is 33.4 Å². The monoisotopic (exact) mass is 416 g/mol. The van der Waals surface area contributed by atoms with Crippen molar-refractivity contribution in [3.8, 4) is 0 Å². The first kappa shape index (κ1) is 20.9. The number of nitrogens with one attached hydrogen (secondary N) is 1. The van der Waals surface area contributed by atoms with E-state index in [0.29, 0.717) is 24.4 Å². The number of nitrogens with zero attached hydrogens (tertiary/aromatic N) is 1. The van der Waals surface area contributed by atoms with Crippen LogP contribution in [0, 0.1) is 0 Å². The highest BCUT2D eigenvalue weighted by molar-refractivity contribution is 7.92. The Bertz CT molecular complexity index is 1020. The summed E-state index contributed by atoms with van der Waals surface area (Å²) in [5.41, 5.74) is 2.31. The average molecular weight is 416 g/mol. The molecule has 0 atom stereocenters. The Balaban J connectivity index is 1.78. The van der Waals surface area contributed by atoms with E-state index in [1.165, 1.54) is 37.3 Å². The molecule has 8 heteroatoms. The number of hydrogen-bond acceptors (Lipinski definition) is 5. The van der Waals surface area contributed by atoms with Gasteiger partial charge in [-0.25, -0.2) is 13.2 Å². The Morgan fingerprint density at radius 2 is 1.86 bits per heavy atom. The third kappa shape index (κ3) is 4.76. The molecule has 0 fully saturated rings. The fraction of sp³-hybridized carbons (Fsp3) is 0.333. The first-order chi connectivity index (χ1) is 13.8. The van der Waals surface area contributed by atoms with Crippen molar-refractivity contribution >= 4 is 33.3 Å². The van der Waals surface area contributed by atoms with Gasteiger partial charge in [0.2, 0.25) is 5.91 Å². The third-order valence-corrected chi connectivity index (χ3v) is 6.05. The van der Waals surface area contributed by atoms with Crippen molar-refractivity contribution < 1.29 is 22.7 Å². The van der Waals surface area contributed by atoms with Crippen molar-refractivity contribution in [2.75, 3.05) is 22.8 Å². The van der Waals surface area contributed by atoms with Crippen LogP contribution in [0.3, 0.4) is 0 Å². The molecule has 0 spiro atoms. The van der Waals surface area contributed by atoms with Crippen LogP contribution >= 0.6 is 0 Å². The summed E-state index contributed by atoms with van der Waals surface area (Å²) in [6.07, 6.45) is 2.24. The van der Waals surface area contributed by atoms with Gasteiger partial charge < -0.3 is 9.64 Å². The summed E-state index contributed by atoms with van der Waals surface area (Å²) in [7, 11) is -3.80. The molecule has 2 aromatic rings. The van der Waals surface area contributed by atoms with Crippen LogP contribution in [0.15, 0.2) is 47.4 Å². The molecular formula is C21H24N2O5S. The number of anilines is 2. The molecule has 0 bridgehead atoms. The molecule has 1 amide bonds. The molecule has 0 aliphatic carbocycles. The molecule has 2 aromatic carbocycles. The highest BCUT2D eigenvalue weighted by Gasteiger charge is 2.23. The second kappa shape index (κ2) is 8.65. The number of hydrogen-bond donors (Lipinski definition) is 1. The number of fused-ring (bicyclic) bond motifs is 1. The van der Waals surface area contributed by atoms with Gasteiger partial charge >= 0.3 is 5.97 Å². The smallest absolute Gasteiger partial charge is 0.338 e. The average Bonchev–Trinajstić information content (AvgIpc) is 2.71. The zero-order chi connectivity index (χ0) is 21.0. The van der Waals surface area contributed by atoms with Gasteiger partial charge in [0, 0.05) is 24.8 Å². The van der Waals surface area contributed by atoms with Crippen molar-refractivity contribution in [2.24, 2.45) is 0 Å². The van der Waals surface area contributed by atoms with Gasteiger partial charge in [0.05, 0.1) is 17.1 Å². The summed E-state index contributed by atoms with van der Waals surface area (Å²) in [5, 5.41) is 0. The van der Waals surface area contributed by atoms with Gasteiger partial charge in [-0.15, -0.1) is 0 Å². The summed E-state index contributed by atoms with van der Waals surface area (Å²) in [4.78, 5) is 25.4. The highest BCUT2D eigenvalue weighted by atomic mass is 32.2. The van der Waals surface area contributed by atoms with Gasteiger partial charge in [-0.1, -0.05) is 6.92 Å². The number of ether oxygens (including phenoxy) is 1. The first-order valence-electron chi connectivity index (χ1n) is 9.53. The van der Waals surface area contributed by atoms with E-state index in [0.717, 1.165) is 30.5 Å². The van der Waals surface area contributed by atoms with E-state index in [4.69, 9.17) is 4.74 Å². The molecule has 0 saturated heterocycles. The molecule has 154 valence electrons. The van der Waals surface area contributed by atoms with Gasteiger partial charge in [0.1, 0.15) is 0 Å². The number of carbonyl (C=O) groups excluding carboxylic acids is 2. The molecule has 0 saturated carbocycles. The van der Waals surface area contributed by atoms with Crippen LogP contribution < -0.4 is 9.62 Å². The van der Waals surface area contributed by atoms with Crippen LogP contribution in [0.4, 0.5) is 11.4 Å². The first-order valence-corrected chi connectivity index (χ1v) is 11.0. The summed E-state index contributed by atoms with van der Waals surface area (Å²) in [6, 6.07) is 10.9. The van der Waals surface area contributed by atoms with Gasteiger partial charge in [0.15, 0.2) is 0 Å². The lowest BCUT2D eigenvalue weighted by molar-refractivity contribution is -0.116. The van der Waals surface area contributed by atoms with E-state index < -0.39 is 16.0 Å². The Kier molecular flexibility index (Phi) is 6.22. The second-order valence-electron chi connectivity index (χ2n) is 6.88. The number of rotatable bonds is 6. The van der Waals surface area contributed by atoms with E-state index in [-0.39, 0.29) is 10.8 Å². The normalized spacial score (nSPS) is 13.5. The molecule has 0 radical (unpaired) electrons. The molecule has 1 aliphatic heterocycles. The number of sulfonamides is 1. The number of carbonyl (C=O) groups is 2. The maximum absolute atomic E-state index is 12.8. The lowest BCUT2D eigenvalue weighted by Crippen LogP contribution is -2.33. The van der Waals surface area contributed by atoms with Crippen molar-refractivity contribution in [1.82, 2.24) is 0 Å². The zero-order valence-electron chi connectivity index (χ0n) is 16.5. The minimum atomic E-state index is -3.80. The Morgan fingerprint density at radius 1 is 1.14 bits per heavy atom. The minimum absolute atomic E-state index is 0.0581. The standard InChI is InChI=1S/C21H24N2O5S/c1-3-13-28-21(25)16-6-8-18(9-7-16)22-29(26,27)19-10-11-20-17(14-19)5-4-12-23(20)15(2)24/h6-11,14,22H,3-5,12-13H2,1-2H3. The number of amides is 1. The van der Waals surface area contributed by atoms with E-state index >= 15 is 0 Å². The maximum Gasteiger partial charge on any atom is 0.338 e. The van der Waals surface area contributed by atoms with E-state index in [1.807, 2.05) is 6.92 Å². The minimum Gasteiger partial charge on any atom is -0.462 e. The van der Waals surface area contributed by atoms with E-state index in [2.05, 4.69) is 4.72 Å². The predicted molar refractivity (Wildman–Crippen MR) is 111 cm³/mol. The quantitative estimate of drug-likeness (QED) is 0.729. The van der Waals surface area contributed by atoms with E-state index in [9.17, 15) is 18.0 Å². The van der Waals surface area contributed by atoms with Crippen LogP contribution in [-0.2, 0) is 26.0 Å². The van der Waals surface area contributed by atoms with Crippen molar-refractivity contribution in [1.29, 1.82) is 0 Å². The number of benzene rings is 2. The van der Waals surface area contributed by atoms with Gasteiger partial charge in [0.25, 0.3) is 10.0 Å². The molecule has 1 aliphatic rings. The molecule has 0 unspecified atom stereocenters. The lowest BCUT2D eigenvalue weighted by Gasteiger charge is -2.28. The summed E-state index contributed by atoms with van der Waals surface area (Å²) < 4.78 is 33.1. The van der Waals surface area contributed by atoms with Crippen molar-refractivity contribution in [3.05, 3.63) is 53.6 Å². The van der Waals surface area contributed by atoms with Gasteiger partial charge in [-0.3, -0.25) is 9.52 Å². The Morgan fingerprint density at radius 3 is 2.52 bits per heavy atom. The van der Waals surface area contributed by atoms with Crippen LogP contribution in [0.1, 0.15) is 42.6 Å². The molecule has 29 heavy (non-hydrogen) atoms. The molecule has 1 N–H and O–H groups in total. The lowest BCUT2D eigenvalue weighted by atomic mass is 10.0. The second-order valence-corrected chi connectivity index (χ2v) is 8.57.